The second kappa shape index (κ2) is 10.2. The smallest absolute Gasteiger partial charge is 0.318 e. The fraction of sp³-hybridized carbons (Fsp3) is 0.208. The number of aromatic hydroxyl groups is 1. The minimum Gasteiger partial charge on any atom is -0.502 e. The van der Waals surface area contributed by atoms with E-state index in [0.29, 0.717) is 28.7 Å². The molecule has 11 nitrogen and oxygen atoms in total. The van der Waals surface area contributed by atoms with Gasteiger partial charge in [-0.15, -0.1) is 0 Å². The van der Waals surface area contributed by atoms with Gasteiger partial charge in [0.2, 0.25) is 5.75 Å². The molecule has 0 aliphatic rings. The van der Waals surface area contributed by atoms with Gasteiger partial charge in [0.25, 0.3) is 5.69 Å². The summed E-state index contributed by atoms with van der Waals surface area (Å²) in [6.07, 6.45) is 1.05. The molecular weight excluding hydrogens is 458 g/mol. The molecule has 0 saturated carbocycles. The first kappa shape index (κ1) is 25.1. The van der Waals surface area contributed by atoms with Crippen molar-refractivity contribution >= 4 is 17.6 Å². The Morgan fingerprint density at radius 2 is 1.46 bits per heavy atom. The Kier molecular flexibility index (Phi) is 7.31. The number of aliphatic imine (C=N–C) groups is 1. The lowest BCUT2D eigenvalue weighted by Gasteiger charge is -2.35. The summed E-state index contributed by atoms with van der Waals surface area (Å²) in [4.78, 5) is 25.1. The van der Waals surface area contributed by atoms with Crippen LogP contribution in [0.3, 0.4) is 0 Å². The number of nitrogens with zero attached hydrogens (tertiary/aromatic N) is 3. The molecule has 0 radical (unpaired) electrons. The molecule has 182 valence electrons. The van der Waals surface area contributed by atoms with Crippen LogP contribution in [0.5, 0.6) is 17.2 Å². The Bertz CT molecular complexity index is 1240. The number of hydrogen-bond acceptors (Lipinski definition) is 9. The molecule has 0 saturated heterocycles. The van der Waals surface area contributed by atoms with Crippen LogP contribution in [0.2, 0.25) is 0 Å². The molecular formula is C24H23N3O8. The van der Waals surface area contributed by atoms with Crippen molar-refractivity contribution in [1.29, 1.82) is 0 Å². The minimum absolute atomic E-state index is 0.250. The molecule has 3 aromatic rings. The van der Waals surface area contributed by atoms with Crippen LogP contribution in [0.15, 0.2) is 65.7 Å². The number of nitro benzene ring substituents is 2. The van der Waals surface area contributed by atoms with E-state index >= 15 is 0 Å². The summed E-state index contributed by atoms with van der Waals surface area (Å²) in [5.74, 6) is -0.0387. The molecule has 1 unspecified atom stereocenters. The number of para-hydroxylation sites is 2. The van der Waals surface area contributed by atoms with E-state index in [1.165, 1.54) is 14.2 Å². The maximum atomic E-state index is 12.1. The van der Waals surface area contributed by atoms with Gasteiger partial charge in [-0.05, 0) is 19.1 Å². The van der Waals surface area contributed by atoms with E-state index in [1.54, 1.807) is 55.5 Å². The van der Waals surface area contributed by atoms with Crippen LogP contribution in [-0.4, -0.2) is 46.5 Å². The summed E-state index contributed by atoms with van der Waals surface area (Å²) >= 11 is 0. The molecule has 0 aliphatic heterocycles. The van der Waals surface area contributed by atoms with Crippen LogP contribution >= 0.6 is 0 Å². The largest absolute Gasteiger partial charge is 0.502 e. The molecule has 2 N–H and O–H groups in total. The Balaban J connectivity index is 2.20. The molecule has 35 heavy (non-hydrogen) atoms. The van der Waals surface area contributed by atoms with Crippen molar-refractivity contribution in [3.8, 4) is 17.2 Å². The van der Waals surface area contributed by atoms with Crippen LogP contribution < -0.4 is 9.47 Å². The topological polar surface area (TPSA) is 158 Å². The second-order valence-electron chi connectivity index (χ2n) is 7.54. The molecule has 0 aromatic heterocycles. The number of ether oxygens (including phenoxy) is 2. The lowest BCUT2D eigenvalue weighted by molar-refractivity contribution is -0.394. The summed E-state index contributed by atoms with van der Waals surface area (Å²) in [5.41, 5.74) is -2.76. The number of rotatable bonds is 9. The monoisotopic (exact) mass is 481 g/mol. The summed E-state index contributed by atoms with van der Waals surface area (Å²) in [5, 5.41) is 45.0. The van der Waals surface area contributed by atoms with E-state index in [2.05, 4.69) is 4.99 Å². The van der Waals surface area contributed by atoms with Crippen molar-refractivity contribution in [3.63, 3.8) is 0 Å². The molecule has 0 bridgehead atoms. The number of benzene rings is 3. The van der Waals surface area contributed by atoms with Gasteiger partial charge in [-0.25, -0.2) is 0 Å². The van der Waals surface area contributed by atoms with Crippen molar-refractivity contribution in [2.24, 2.45) is 4.99 Å². The summed E-state index contributed by atoms with van der Waals surface area (Å²) < 4.78 is 10.9. The van der Waals surface area contributed by atoms with E-state index < -0.39 is 38.6 Å². The van der Waals surface area contributed by atoms with Gasteiger partial charge in [-0.2, -0.15) is 0 Å². The molecule has 1 atom stereocenters. The van der Waals surface area contributed by atoms with Crippen molar-refractivity contribution in [3.05, 3.63) is 97.6 Å². The lowest BCUT2D eigenvalue weighted by Crippen LogP contribution is -2.38. The van der Waals surface area contributed by atoms with E-state index in [0.717, 1.165) is 12.3 Å². The molecule has 3 rings (SSSR count). The zero-order chi connectivity index (χ0) is 25.8. The maximum absolute atomic E-state index is 12.1. The number of non-ortho nitro benzene ring substituents is 1. The van der Waals surface area contributed by atoms with Crippen LogP contribution in [0.25, 0.3) is 0 Å². The fourth-order valence-corrected chi connectivity index (χ4v) is 3.78. The first-order valence-corrected chi connectivity index (χ1v) is 10.3. The van der Waals surface area contributed by atoms with Crippen LogP contribution in [0, 0.1) is 20.2 Å². The summed E-state index contributed by atoms with van der Waals surface area (Å²) in [6.45, 7) is 1.58. The average Bonchev–Trinajstić information content (AvgIpc) is 2.86. The average molecular weight is 481 g/mol. The summed E-state index contributed by atoms with van der Waals surface area (Å²) in [7, 11) is 2.91. The van der Waals surface area contributed by atoms with Crippen molar-refractivity contribution in [2.45, 2.75) is 18.6 Å². The van der Waals surface area contributed by atoms with Crippen molar-refractivity contribution in [1.82, 2.24) is 0 Å². The SMILES string of the molecule is COc1ccccc1C(O)(c1ccccc1OC)C(C)N=Cc1cc([N+](=O)[O-])cc([N+](=O)[O-])c1O. The van der Waals surface area contributed by atoms with Gasteiger partial charge in [0.15, 0.2) is 0 Å². The molecule has 3 aromatic carbocycles. The number of phenols is 1. The normalized spacial score (nSPS) is 12.3. The molecule has 0 heterocycles. The first-order valence-electron chi connectivity index (χ1n) is 10.3. The third kappa shape index (κ3) is 4.75. The highest BCUT2D eigenvalue weighted by Crippen LogP contribution is 2.43. The first-order chi connectivity index (χ1) is 16.6. The number of phenolic OH excluding ortho intramolecular Hbond substituents is 1. The molecule has 0 aliphatic carbocycles. The maximum Gasteiger partial charge on any atom is 0.318 e. The Hall–Kier alpha value is -4.51. The molecule has 11 heteroatoms. The van der Waals surface area contributed by atoms with Crippen LogP contribution in [-0.2, 0) is 5.60 Å². The molecule has 0 amide bonds. The van der Waals surface area contributed by atoms with E-state index in [4.69, 9.17) is 9.47 Å². The highest BCUT2D eigenvalue weighted by molar-refractivity contribution is 5.87. The quantitative estimate of drug-likeness (QED) is 0.264. The summed E-state index contributed by atoms with van der Waals surface area (Å²) in [6, 6.07) is 14.2. The predicted molar refractivity (Wildman–Crippen MR) is 127 cm³/mol. The van der Waals surface area contributed by atoms with E-state index in [1.807, 2.05) is 0 Å². The number of methoxy groups -OCH3 is 2. The molecule has 0 fully saturated rings. The van der Waals surface area contributed by atoms with Gasteiger partial charge in [-0.3, -0.25) is 25.2 Å². The van der Waals surface area contributed by atoms with Crippen molar-refractivity contribution < 1.29 is 29.5 Å². The zero-order valence-corrected chi connectivity index (χ0v) is 19.1. The van der Waals surface area contributed by atoms with Gasteiger partial charge < -0.3 is 19.7 Å². The van der Waals surface area contributed by atoms with Gasteiger partial charge in [0.1, 0.15) is 17.1 Å². The predicted octanol–water partition coefficient (Wildman–Crippen LogP) is 3.97. The van der Waals surface area contributed by atoms with E-state index in [-0.39, 0.29) is 5.56 Å². The molecule has 0 spiro atoms. The Morgan fingerprint density at radius 1 is 0.943 bits per heavy atom. The highest BCUT2D eigenvalue weighted by Gasteiger charge is 2.42. The standard InChI is InChI=1S/C24H23N3O8/c1-15(25-14-16-12-17(26(30)31)13-20(23(16)28)27(32)33)24(29,18-8-4-6-10-21(18)34-2)19-9-5-7-11-22(19)35-3/h4-15,28-29H,1-3H3. The number of hydrogen-bond donors (Lipinski definition) is 2. The Morgan fingerprint density at radius 3 is 1.91 bits per heavy atom. The van der Waals surface area contributed by atoms with Crippen LogP contribution in [0.1, 0.15) is 23.6 Å². The van der Waals surface area contributed by atoms with Gasteiger partial charge in [0.05, 0.1) is 36.2 Å². The highest BCUT2D eigenvalue weighted by atomic mass is 16.6. The third-order valence-corrected chi connectivity index (χ3v) is 5.59. The third-order valence-electron chi connectivity index (χ3n) is 5.59. The second-order valence-corrected chi connectivity index (χ2v) is 7.54. The fourth-order valence-electron chi connectivity index (χ4n) is 3.78. The van der Waals surface area contributed by atoms with Crippen LogP contribution in [0.4, 0.5) is 11.4 Å². The lowest BCUT2D eigenvalue weighted by atomic mass is 9.80. The van der Waals surface area contributed by atoms with Gasteiger partial charge >= 0.3 is 5.69 Å². The van der Waals surface area contributed by atoms with E-state index in [9.17, 15) is 30.4 Å². The number of aliphatic hydroxyl groups is 1. The Labute approximate surface area is 200 Å². The minimum atomic E-state index is -1.82. The number of nitro groups is 2. The van der Waals surface area contributed by atoms with Gasteiger partial charge in [-0.1, -0.05) is 36.4 Å². The zero-order valence-electron chi connectivity index (χ0n) is 19.1. The van der Waals surface area contributed by atoms with Crippen molar-refractivity contribution in [2.75, 3.05) is 14.2 Å². The van der Waals surface area contributed by atoms with Gasteiger partial charge in [0, 0.05) is 29.0 Å².